The number of rotatable bonds is 5. The van der Waals surface area contributed by atoms with Gasteiger partial charge in [-0.25, -0.2) is 4.79 Å². The van der Waals surface area contributed by atoms with Crippen molar-refractivity contribution in [3.63, 3.8) is 0 Å². The number of carbonyl (C=O) groups excluding carboxylic acids is 2. The number of ether oxygens (including phenoxy) is 1. The lowest BCUT2D eigenvalue weighted by atomic mass is 10.2. The van der Waals surface area contributed by atoms with Crippen LogP contribution in [0.4, 0.5) is 4.79 Å². The maximum absolute atomic E-state index is 11.1. The van der Waals surface area contributed by atoms with E-state index in [1.807, 2.05) is 30.3 Å². The maximum atomic E-state index is 11.1. The largest absolute Gasteiger partial charge is 0.445 e. The van der Waals surface area contributed by atoms with Crippen molar-refractivity contribution < 1.29 is 14.3 Å². The fourth-order valence-corrected chi connectivity index (χ4v) is 1.02. The molecule has 1 aromatic rings. The summed E-state index contributed by atoms with van der Waals surface area (Å²) in [5.41, 5.74) is 6.19. The summed E-state index contributed by atoms with van der Waals surface area (Å²) in [4.78, 5) is 21.3. The molecule has 1 aromatic carbocycles. The standard InChI is InChI=1S/C11H14N2O3/c12-10(7-14)6-13-11(15)16-8-9-4-2-1-3-5-9/h1-5,7,10H,6,8,12H2,(H,13,15). The predicted molar refractivity (Wildman–Crippen MR) is 58.7 cm³/mol. The number of nitrogens with two attached hydrogens (primary N) is 1. The first-order chi connectivity index (χ1) is 7.72. The molecule has 5 heteroatoms. The minimum Gasteiger partial charge on any atom is -0.445 e. The fourth-order valence-electron chi connectivity index (χ4n) is 1.02. The minimum absolute atomic E-state index is 0.0805. The van der Waals surface area contributed by atoms with E-state index in [0.717, 1.165) is 5.56 Å². The van der Waals surface area contributed by atoms with E-state index in [9.17, 15) is 9.59 Å². The van der Waals surface area contributed by atoms with Crippen molar-refractivity contribution in [1.82, 2.24) is 5.32 Å². The van der Waals surface area contributed by atoms with E-state index in [1.165, 1.54) is 0 Å². The van der Waals surface area contributed by atoms with Crippen LogP contribution in [0.1, 0.15) is 5.56 Å². The van der Waals surface area contributed by atoms with Crippen LogP contribution >= 0.6 is 0 Å². The second-order valence-electron chi connectivity index (χ2n) is 3.24. The van der Waals surface area contributed by atoms with E-state index in [1.54, 1.807) is 0 Å². The molecule has 86 valence electrons. The first-order valence-corrected chi connectivity index (χ1v) is 4.88. The number of hydrogen-bond acceptors (Lipinski definition) is 4. The monoisotopic (exact) mass is 222 g/mol. The van der Waals surface area contributed by atoms with Crippen LogP contribution in [-0.2, 0) is 16.1 Å². The Morgan fingerprint density at radius 3 is 2.75 bits per heavy atom. The summed E-state index contributed by atoms with van der Waals surface area (Å²) < 4.78 is 4.90. The number of benzene rings is 1. The van der Waals surface area contributed by atoms with Crippen LogP contribution in [0.2, 0.25) is 0 Å². The highest BCUT2D eigenvalue weighted by molar-refractivity contribution is 5.68. The van der Waals surface area contributed by atoms with Crippen LogP contribution in [-0.4, -0.2) is 25.0 Å². The molecule has 1 unspecified atom stereocenters. The Morgan fingerprint density at radius 2 is 2.12 bits per heavy atom. The minimum atomic E-state index is -0.690. The van der Waals surface area contributed by atoms with E-state index in [0.29, 0.717) is 6.29 Å². The average molecular weight is 222 g/mol. The molecular formula is C11H14N2O3. The van der Waals surface area contributed by atoms with E-state index < -0.39 is 12.1 Å². The van der Waals surface area contributed by atoms with Crippen LogP contribution in [0, 0.1) is 0 Å². The molecule has 0 bridgehead atoms. The lowest BCUT2D eigenvalue weighted by molar-refractivity contribution is -0.108. The topological polar surface area (TPSA) is 81.4 Å². The van der Waals surface area contributed by atoms with Crippen molar-refractivity contribution in [3.05, 3.63) is 35.9 Å². The second kappa shape index (κ2) is 6.58. The molecule has 0 aromatic heterocycles. The van der Waals surface area contributed by atoms with Gasteiger partial charge in [-0.05, 0) is 5.56 Å². The second-order valence-corrected chi connectivity index (χ2v) is 3.24. The summed E-state index contributed by atoms with van der Waals surface area (Å²) in [5.74, 6) is 0. The molecule has 5 nitrogen and oxygen atoms in total. The van der Waals surface area contributed by atoms with Gasteiger partial charge in [0.05, 0.1) is 6.04 Å². The molecule has 0 saturated carbocycles. The van der Waals surface area contributed by atoms with E-state index in [4.69, 9.17) is 10.5 Å². The highest BCUT2D eigenvalue weighted by Gasteiger charge is 2.05. The van der Waals surface area contributed by atoms with Gasteiger partial charge in [0.25, 0.3) is 0 Å². The number of carbonyl (C=O) groups is 2. The maximum Gasteiger partial charge on any atom is 0.407 e. The summed E-state index contributed by atoms with van der Waals surface area (Å²) in [6.07, 6.45) is -0.0153. The molecule has 0 aliphatic heterocycles. The van der Waals surface area contributed by atoms with E-state index in [-0.39, 0.29) is 13.2 Å². The van der Waals surface area contributed by atoms with Crippen molar-refractivity contribution in [2.45, 2.75) is 12.6 Å². The Kier molecular flexibility index (Phi) is 5.01. The molecule has 1 amide bonds. The van der Waals surface area contributed by atoms with E-state index >= 15 is 0 Å². The zero-order valence-electron chi connectivity index (χ0n) is 8.76. The number of alkyl carbamates (subject to hydrolysis) is 1. The van der Waals surface area contributed by atoms with Crippen LogP contribution < -0.4 is 11.1 Å². The van der Waals surface area contributed by atoms with Gasteiger partial charge in [0.1, 0.15) is 12.9 Å². The Balaban J connectivity index is 2.23. The highest BCUT2D eigenvalue weighted by atomic mass is 16.5. The Hall–Kier alpha value is -1.88. The Morgan fingerprint density at radius 1 is 1.44 bits per heavy atom. The summed E-state index contributed by atoms with van der Waals surface area (Å²) >= 11 is 0. The molecule has 0 aliphatic carbocycles. The van der Waals surface area contributed by atoms with Crippen LogP contribution in [0.3, 0.4) is 0 Å². The Bertz CT molecular complexity index is 340. The third-order valence-corrected chi connectivity index (χ3v) is 1.87. The Labute approximate surface area is 93.6 Å². The van der Waals surface area contributed by atoms with Gasteiger partial charge in [-0.2, -0.15) is 0 Å². The van der Waals surface area contributed by atoms with Crippen molar-refractivity contribution in [2.24, 2.45) is 5.73 Å². The van der Waals surface area contributed by atoms with E-state index in [2.05, 4.69) is 5.32 Å². The summed E-state index contributed by atoms with van der Waals surface area (Å²) in [6, 6.07) is 8.61. The molecule has 1 rings (SSSR count). The third-order valence-electron chi connectivity index (χ3n) is 1.87. The van der Waals surface area contributed by atoms with Gasteiger partial charge in [-0.1, -0.05) is 30.3 Å². The summed E-state index contributed by atoms with van der Waals surface area (Å²) in [5, 5.41) is 2.39. The quantitative estimate of drug-likeness (QED) is 0.708. The number of nitrogens with one attached hydrogen (secondary N) is 1. The highest BCUT2D eigenvalue weighted by Crippen LogP contribution is 2.00. The zero-order valence-corrected chi connectivity index (χ0v) is 8.76. The van der Waals surface area contributed by atoms with Gasteiger partial charge in [0.2, 0.25) is 0 Å². The first kappa shape index (κ1) is 12.2. The average Bonchev–Trinajstić information content (AvgIpc) is 2.34. The number of aldehydes is 1. The lowest BCUT2D eigenvalue weighted by Gasteiger charge is -2.08. The first-order valence-electron chi connectivity index (χ1n) is 4.88. The summed E-state index contributed by atoms with van der Waals surface area (Å²) in [7, 11) is 0. The molecule has 0 fully saturated rings. The normalized spacial score (nSPS) is 11.6. The molecule has 0 spiro atoms. The molecule has 0 aliphatic rings. The lowest BCUT2D eigenvalue weighted by Crippen LogP contribution is -2.38. The van der Waals surface area contributed by atoms with Gasteiger partial charge in [-0.3, -0.25) is 0 Å². The molecule has 0 heterocycles. The van der Waals surface area contributed by atoms with Gasteiger partial charge < -0.3 is 20.6 Å². The molecular weight excluding hydrogens is 208 g/mol. The van der Waals surface area contributed by atoms with Crippen molar-refractivity contribution in [1.29, 1.82) is 0 Å². The van der Waals surface area contributed by atoms with Gasteiger partial charge >= 0.3 is 6.09 Å². The fraction of sp³-hybridized carbons (Fsp3) is 0.273. The molecule has 1 atom stereocenters. The number of hydrogen-bond donors (Lipinski definition) is 2. The number of amides is 1. The SMILES string of the molecule is NC(C=O)CNC(=O)OCc1ccccc1. The van der Waals surface area contributed by atoms with Crippen molar-refractivity contribution in [3.8, 4) is 0 Å². The van der Waals surface area contributed by atoms with Gasteiger partial charge in [0, 0.05) is 6.54 Å². The zero-order chi connectivity index (χ0) is 11.8. The van der Waals surface area contributed by atoms with Crippen molar-refractivity contribution in [2.75, 3.05) is 6.54 Å². The smallest absolute Gasteiger partial charge is 0.407 e. The van der Waals surface area contributed by atoms with Crippen LogP contribution in [0.15, 0.2) is 30.3 Å². The van der Waals surface area contributed by atoms with Gasteiger partial charge in [-0.15, -0.1) is 0 Å². The van der Waals surface area contributed by atoms with Gasteiger partial charge in [0.15, 0.2) is 0 Å². The molecule has 0 saturated heterocycles. The molecule has 3 N–H and O–H groups in total. The molecule has 16 heavy (non-hydrogen) atoms. The molecule has 0 radical (unpaired) electrons. The third kappa shape index (κ3) is 4.56. The van der Waals surface area contributed by atoms with Crippen LogP contribution in [0.5, 0.6) is 0 Å². The predicted octanol–water partition coefficient (Wildman–Crippen LogP) is 0.439. The summed E-state index contributed by atoms with van der Waals surface area (Å²) in [6.45, 7) is 0.278. The van der Waals surface area contributed by atoms with Crippen molar-refractivity contribution >= 4 is 12.4 Å². The van der Waals surface area contributed by atoms with Crippen LogP contribution in [0.25, 0.3) is 0 Å².